The second-order valence-electron chi connectivity index (χ2n) is 8.12. The van der Waals surface area contributed by atoms with Gasteiger partial charge in [0.2, 0.25) is 0 Å². The van der Waals surface area contributed by atoms with Crippen LogP contribution in [0, 0.1) is 18.3 Å². The molecule has 2 aromatic carbocycles. The van der Waals surface area contributed by atoms with Crippen molar-refractivity contribution in [2.24, 2.45) is 5.73 Å². The Labute approximate surface area is 215 Å². The lowest BCUT2D eigenvalue weighted by atomic mass is 10.1. The summed E-state index contributed by atoms with van der Waals surface area (Å²) in [6.45, 7) is 2.58. The van der Waals surface area contributed by atoms with Crippen molar-refractivity contribution >= 4 is 17.4 Å². The number of aromatic nitrogens is 2. The molecule has 2 amide bonds. The van der Waals surface area contributed by atoms with Gasteiger partial charge in [-0.2, -0.15) is 5.26 Å². The molecule has 4 aromatic rings. The van der Waals surface area contributed by atoms with Crippen molar-refractivity contribution in [2.75, 3.05) is 17.3 Å². The van der Waals surface area contributed by atoms with Crippen molar-refractivity contribution in [3.8, 4) is 17.6 Å². The van der Waals surface area contributed by atoms with Gasteiger partial charge < -0.3 is 26.5 Å². The number of urea groups is 1. The minimum Gasteiger partial charge on any atom is -0.457 e. The van der Waals surface area contributed by atoms with E-state index in [1.807, 2.05) is 79.7 Å². The van der Waals surface area contributed by atoms with Crippen LogP contribution in [0.5, 0.6) is 11.5 Å². The number of carbonyl (C=O) groups excluding carboxylic acids is 1. The largest absolute Gasteiger partial charge is 0.457 e. The van der Waals surface area contributed by atoms with E-state index in [1.165, 1.54) is 0 Å². The molecule has 0 bridgehead atoms. The number of amides is 2. The van der Waals surface area contributed by atoms with Gasteiger partial charge in [-0.1, -0.05) is 42.5 Å². The number of rotatable bonds is 5. The summed E-state index contributed by atoms with van der Waals surface area (Å²) in [7, 11) is 0. The number of hydrogen-bond acceptors (Lipinski definition) is 6. The minimum absolute atomic E-state index is 0.326. The number of benzene rings is 2. The first-order valence-electron chi connectivity index (χ1n) is 11.6. The lowest BCUT2D eigenvalue weighted by molar-refractivity contribution is 0.251. The molecule has 1 aliphatic rings. The zero-order valence-corrected chi connectivity index (χ0v) is 20.3. The van der Waals surface area contributed by atoms with Gasteiger partial charge in [0.1, 0.15) is 11.5 Å². The van der Waals surface area contributed by atoms with Gasteiger partial charge in [-0.25, -0.2) is 4.79 Å². The minimum atomic E-state index is -0.326. The van der Waals surface area contributed by atoms with Gasteiger partial charge in [-0.3, -0.25) is 9.66 Å². The van der Waals surface area contributed by atoms with E-state index in [0.717, 1.165) is 22.6 Å². The van der Waals surface area contributed by atoms with Crippen LogP contribution >= 0.6 is 0 Å². The van der Waals surface area contributed by atoms with Crippen LogP contribution in [0.4, 0.5) is 10.5 Å². The number of hydrogen-bond donors (Lipinski definition) is 4. The molecule has 0 radical (unpaired) electrons. The summed E-state index contributed by atoms with van der Waals surface area (Å²) in [5.41, 5.74) is 13.0. The maximum Gasteiger partial charge on any atom is 0.319 e. The Morgan fingerprint density at radius 1 is 1.11 bits per heavy atom. The van der Waals surface area contributed by atoms with Gasteiger partial charge in [0, 0.05) is 24.5 Å². The molecule has 2 aromatic heterocycles. The van der Waals surface area contributed by atoms with Crippen LogP contribution in [0.15, 0.2) is 97.0 Å². The third-order valence-electron chi connectivity index (χ3n) is 5.55. The Hall–Kier alpha value is -5.23. The highest BCUT2D eigenvalue weighted by atomic mass is 16.5. The predicted octanol–water partition coefficient (Wildman–Crippen LogP) is 4.74. The number of nitrogens with one attached hydrogen (secondary N) is 3. The van der Waals surface area contributed by atoms with Crippen LogP contribution in [0.3, 0.4) is 0 Å². The highest BCUT2D eigenvalue weighted by Crippen LogP contribution is 2.28. The van der Waals surface area contributed by atoms with E-state index in [0.29, 0.717) is 35.7 Å². The summed E-state index contributed by atoms with van der Waals surface area (Å²) >= 11 is 0. The Morgan fingerprint density at radius 3 is 2.38 bits per heavy atom. The summed E-state index contributed by atoms with van der Waals surface area (Å²) < 4.78 is 7.30. The fourth-order valence-electron chi connectivity index (χ4n) is 3.65. The van der Waals surface area contributed by atoms with Gasteiger partial charge in [0.15, 0.2) is 0 Å². The van der Waals surface area contributed by atoms with E-state index in [2.05, 4.69) is 27.1 Å². The smallest absolute Gasteiger partial charge is 0.319 e. The van der Waals surface area contributed by atoms with E-state index in [9.17, 15) is 4.79 Å². The number of anilines is 1. The SMILES string of the molecule is Cc1c(NC(=O)NCc2cccnc2)cn2c1C(N)=C(C#N)CN2.c1ccc(Oc2ccccc2)cc1. The third-order valence-corrected chi connectivity index (χ3v) is 5.55. The average Bonchev–Trinajstić information content (AvgIpc) is 3.25. The summed E-state index contributed by atoms with van der Waals surface area (Å²) in [5.74, 6) is 1.74. The molecule has 186 valence electrons. The van der Waals surface area contributed by atoms with Gasteiger partial charge in [-0.05, 0) is 42.8 Å². The van der Waals surface area contributed by atoms with E-state index in [1.54, 1.807) is 23.3 Å². The zero-order chi connectivity index (χ0) is 26.0. The number of ether oxygens (including phenoxy) is 1. The molecular formula is C28H27N7O2. The van der Waals surface area contributed by atoms with Crippen molar-refractivity contribution in [1.82, 2.24) is 15.0 Å². The van der Waals surface area contributed by atoms with Crippen LogP contribution in [0.2, 0.25) is 0 Å². The molecule has 0 unspecified atom stereocenters. The lowest BCUT2D eigenvalue weighted by Crippen LogP contribution is -2.28. The van der Waals surface area contributed by atoms with Crippen LogP contribution in [-0.2, 0) is 6.54 Å². The first-order chi connectivity index (χ1) is 18.0. The fraction of sp³-hybridized carbons (Fsp3) is 0.107. The van der Waals surface area contributed by atoms with Gasteiger partial charge in [0.05, 0.1) is 41.5 Å². The average molecular weight is 494 g/mol. The monoisotopic (exact) mass is 493 g/mol. The Bertz CT molecular complexity index is 1370. The Kier molecular flexibility index (Phi) is 8.04. The second kappa shape index (κ2) is 12.0. The molecular weight excluding hydrogens is 466 g/mol. The predicted molar refractivity (Wildman–Crippen MR) is 143 cm³/mol. The molecule has 5 N–H and O–H groups in total. The normalized spacial score (nSPS) is 11.7. The molecule has 0 saturated heterocycles. The van der Waals surface area contributed by atoms with Gasteiger partial charge in [0.25, 0.3) is 0 Å². The van der Waals surface area contributed by atoms with Crippen LogP contribution < -0.4 is 26.5 Å². The Morgan fingerprint density at radius 2 is 1.78 bits per heavy atom. The molecule has 9 nitrogen and oxygen atoms in total. The highest BCUT2D eigenvalue weighted by molar-refractivity contribution is 5.91. The topological polar surface area (TPSA) is 130 Å². The van der Waals surface area contributed by atoms with E-state index in [-0.39, 0.29) is 6.03 Å². The number of para-hydroxylation sites is 2. The number of fused-ring (bicyclic) bond motifs is 1. The molecule has 37 heavy (non-hydrogen) atoms. The number of nitrogens with zero attached hydrogens (tertiary/aromatic N) is 3. The molecule has 3 heterocycles. The van der Waals surface area contributed by atoms with Gasteiger partial charge >= 0.3 is 6.03 Å². The number of nitrogens with two attached hydrogens (primary N) is 1. The molecule has 0 saturated carbocycles. The van der Waals surface area contributed by atoms with Crippen molar-refractivity contribution in [1.29, 1.82) is 5.26 Å². The highest BCUT2D eigenvalue weighted by Gasteiger charge is 2.22. The third kappa shape index (κ3) is 6.46. The first kappa shape index (κ1) is 24.9. The summed E-state index contributed by atoms with van der Waals surface area (Å²) in [4.78, 5) is 16.1. The number of carbonyl (C=O) groups is 1. The van der Waals surface area contributed by atoms with Crippen molar-refractivity contribution < 1.29 is 9.53 Å². The quantitative estimate of drug-likeness (QED) is 0.318. The van der Waals surface area contributed by atoms with E-state index in [4.69, 9.17) is 15.7 Å². The molecule has 9 heteroatoms. The van der Waals surface area contributed by atoms with Crippen LogP contribution in [0.1, 0.15) is 16.8 Å². The Balaban J connectivity index is 0.000000207. The van der Waals surface area contributed by atoms with Crippen molar-refractivity contribution in [3.63, 3.8) is 0 Å². The fourth-order valence-corrected chi connectivity index (χ4v) is 3.65. The molecule has 0 fully saturated rings. The van der Waals surface area contributed by atoms with E-state index < -0.39 is 0 Å². The number of pyridine rings is 1. The standard InChI is InChI=1S/C16H17N7O.C12H10O/c1-10-13(9-23-15(10)14(18)12(5-17)8-21-23)22-16(24)20-7-11-3-2-4-19-6-11;1-3-7-11(8-4-1)13-12-9-5-2-6-10-12/h2-4,6,9,21H,7-8,18H2,1H3,(H2,20,22,24);1-10H. The van der Waals surface area contributed by atoms with Crippen molar-refractivity contribution in [2.45, 2.75) is 13.5 Å². The maximum atomic E-state index is 12.1. The second-order valence-corrected chi connectivity index (χ2v) is 8.12. The lowest BCUT2D eigenvalue weighted by Gasteiger charge is -2.19. The molecule has 1 aliphatic heterocycles. The molecule has 5 rings (SSSR count). The molecule has 0 spiro atoms. The zero-order valence-electron chi connectivity index (χ0n) is 20.3. The van der Waals surface area contributed by atoms with E-state index >= 15 is 0 Å². The summed E-state index contributed by atoms with van der Waals surface area (Å²) in [6, 6.07) is 25.0. The summed E-state index contributed by atoms with van der Waals surface area (Å²) in [6.07, 6.45) is 5.12. The van der Waals surface area contributed by atoms with Crippen molar-refractivity contribution in [3.05, 3.63) is 114 Å². The number of nitriles is 1. The first-order valence-corrected chi connectivity index (χ1v) is 11.6. The molecule has 0 aliphatic carbocycles. The van der Waals surface area contributed by atoms with Gasteiger partial charge in [-0.15, -0.1) is 0 Å². The van der Waals surface area contributed by atoms with Crippen LogP contribution in [-0.4, -0.2) is 22.2 Å². The van der Waals surface area contributed by atoms with Crippen LogP contribution in [0.25, 0.3) is 5.70 Å². The maximum absolute atomic E-state index is 12.1. The molecule has 0 atom stereocenters. The summed E-state index contributed by atoms with van der Waals surface area (Å²) in [5, 5.41) is 14.7.